The Morgan fingerprint density at radius 1 is 1.00 bits per heavy atom. The van der Waals surface area contributed by atoms with Crippen molar-refractivity contribution in [1.29, 1.82) is 0 Å². The van der Waals surface area contributed by atoms with E-state index in [1.54, 1.807) is 12.0 Å². The van der Waals surface area contributed by atoms with E-state index in [2.05, 4.69) is 68.4 Å². The minimum atomic E-state index is -0.913. The van der Waals surface area contributed by atoms with E-state index in [-0.39, 0.29) is 48.4 Å². The Morgan fingerprint density at radius 3 is 2.35 bits per heavy atom. The zero-order valence-electron chi connectivity index (χ0n) is 37.7. The van der Waals surface area contributed by atoms with Crippen molar-refractivity contribution in [1.82, 2.24) is 20.6 Å². The number of carbonyl (C=O) groups excluding carboxylic acids is 2. The number of para-hydroxylation sites is 1. The van der Waals surface area contributed by atoms with E-state index in [4.69, 9.17) is 9.57 Å². The molecule has 0 unspecified atom stereocenters. The van der Waals surface area contributed by atoms with Gasteiger partial charge in [-0.15, -0.1) is 0 Å². The van der Waals surface area contributed by atoms with Crippen molar-refractivity contribution in [2.24, 2.45) is 35.0 Å². The van der Waals surface area contributed by atoms with Crippen LogP contribution < -0.4 is 20.3 Å². The van der Waals surface area contributed by atoms with Crippen molar-refractivity contribution in [3.05, 3.63) is 83.4 Å². The Morgan fingerprint density at radius 2 is 1.72 bits per heavy atom. The van der Waals surface area contributed by atoms with Gasteiger partial charge in [0.25, 0.3) is 5.91 Å². The average Bonchev–Trinajstić information content (AvgIpc) is 3.96. The number of hydrogen-bond donors (Lipinski definition) is 4. The van der Waals surface area contributed by atoms with Crippen molar-refractivity contribution in [2.45, 2.75) is 104 Å². The third-order valence-corrected chi connectivity index (χ3v) is 14.0. The Balaban J connectivity index is 1.33. The summed E-state index contributed by atoms with van der Waals surface area (Å²) < 4.78 is 6.73. The van der Waals surface area contributed by atoms with Crippen LogP contribution in [0, 0.1) is 35.0 Å². The standard InChI is InChI=1S/C49H71N5O6/c1-30-21-42(31(2)32(3)49(30,5)6)51-48(58)45-44(33(4)56)43(28-55)60-54(45)26-36-17-14-18-41(46(36)59-29-35-19-20-35)37-23-38(25-40(24-37)53(9)10)47(57)50-39(27-52(7)8)22-34-15-12-11-13-16-34/h11-18,23-25,30-33,35,39,42-45,55-56H,19-22,26-29H2,1-10H3,(H,50,57)(H,51,58)/t30-,31+,32+,33+,39+,42+,43+,44-,45+/m1/s1. The number of ether oxygens (including phenoxy) is 1. The molecule has 11 heteroatoms. The maximum atomic E-state index is 14.5. The number of rotatable bonds is 17. The molecule has 2 amide bonds. The number of benzene rings is 3. The van der Waals surface area contributed by atoms with E-state index >= 15 is 0 Å². The molecule has 1 aliphatic heterocycles. The Labute approximate surface area is 358 Å². The van der Waals surface area contributed by atoms with Crippen molar-refractivity contribution in [2.75, 3.05) is 52.8 Å². The van der Waals surface area contributed by atoms with Gasteiger partial charge >= 0.3 is 0 Å². The summed E-state index contributed by atoms with van der Waals surface area (Å²) in [6.07, 6.45) is 2.09. The van der Waals surface area contributed by atoms with E-state index in [0.717, 1.165) is 47.2 Å². The second-order valence-corrected chi connectivity index (χ2v) is 19.2. The molecule has 328 valence electrons. The number of aliphatic hydroxyl groups excluding tert-OH is 2. The number of aliphatic hydroxyl groups is 2. The first kappa shape index (κ1) is 45.5. The van der Waals surface area contributed by atoms with Crippen LogP contribution in [0.25, 0.3) is 11.1 Å². The molecule has 60 heavy (non-hydrogen) atoms. The maximum Gasteiger partial charge on any atom is 0.251 e. The van der Waals surface area contributed by atoms with Crippen LogP contribution in [0.15, 0.2) is 66.7 Å². The molecule has 3 aromatic rings. The molecule has 0 aromatic heterocycles. The topological polar surface area (TPSA) is 127 Å². The van der Waals surface area contributed by atoms with Crippen LogP contribution in [0.4, 0.5) is 5.69 Å². The van der Waals surface area contributed by atoms with E-state index in [0.29, 0.717) is 48.6 Å². The van der Waals surface area contributed by atoms with Crippen LogP contribution in [0.2, 0.25) is 0 Å². The number of hydroxylamine groups is 2. The summed E-state index contributed by atoms with van der Waals surface area (Å²) in [6.45, 7) is 14.1. The van der Waals surface area contributed by atoms with Crippen molar-refractivity contribution >= 4 is 17.5 Å². The average molecular weight is 826 g/mol. The Bertz CT molecular complexity index is 1910. The highest BCUT2D eigenvalue weighted by atomic mass is 16.7. The van der Waals surface area contributed by atoms with Crippen LogP contribution in [0.3, 0.4) is 0 Å². The van der Waals surface area contributed by atoms with E-state index in [1.165, 1.54) is 0 Å². The molecule has 1 saturated heterocycles. The van der Waals surface area contributed by atoms with Crippen molar-refractivity contribution in [3.8, 4) is 16.9 Å². The molecule has 1 heterocycles. The van der Waals surface area contributed by atoms with Crippen LogP contribution in [0.5, 0.6) is 5.75 Å². The molecule has 3 fully saturated rings. The first-order valence-corrected chi connectivity index (χ1v) is 22.1. The fraction of sp³-hybridized carbons (Fsp3) is 0.592. The summed E-state index contributed by atoms with van der Waals surface area (Å²) in [5.41, 5.74) is 5.17. The monoisotopic (exact) mass is 826 g/mol. The number of hydrogen-bond acceptors (Lipinski definition) is 9. The molecule has 3 aromatic carbocycles. The molecule has 0 radical (unpaired) electrons. The smallest absolute Gasteiger partial charge is 0.251 e. The van der Waals surface area contributed by atoms with Gasteiger partial charge in [-0.25, -0.2) is 0 Å². The van der Waals surface area contributed by atoms with Crippen molar-refractivity contribution in [3.63, 3.8) is 0 Å². The molecule has 0 spiro atoms. The van der Waals surface area contributed by atoms with Crippen molar-refractivity contribution < 1.29 is 29.4 Å². The summed E-state index contributed by atoms with van der Waals surface area (Å²) >= 11 is 0. The minimum absolute atomic E-state index is 0.0344. The largest absolute Gasteiger partial charge is 0.492 e. The van der Waals surface area contributed by atoms with E-state index in [9.17, 15) is 19.8 Å². The number of nitrogens with zero attached hydrogens (tertiary/aromatic N) is 3. The first-order chi connectivity index (χ1) is 28.5. The second kappa shape index (κ2) is 19.4. The summed E-state index contributed by atoms with van der Waals surface area (Å²) in [4.78, 5) is 39.2. The SMILES string of the molecule is C[C@@H]1[C@@H](NC(=O)[C@@H]2[C@H]([C@H](C)O)[C@H](CO)ON2Cc2cccc(-c3cc(C(=O)N[C@@H](Cc4ccccc4)CN(C)C)cc(N(C)C)c3)c2OCC2CC2)C[C@@H](C)C(C)(C)[C@H]1C. The molecular weight excluding hydrogens is 755 g/mol. The van der Waals surface area contributed by atoms with E-state index in [1.807, 2.05) is 81.6 Å². The van der Waals surface area contributed by atoms with Gasteiger partial charge in [0.2, 0.25) is 5.91 Å². The highest BCUT2D eigenvalue weighted by Gasteiger charge is 2.51. The van der Waals surface area contributed by atoms with Gasteiger partial charge in [0.15, 0.2) is 0 Å². The maximum absolute atomic E-state index is 14.5. The summed E-state index contributed by atoms with van der Waals surface area (Å²) in [5.74, 6) is 1.15. The lowest BCUT2D eigenvalue weighted by atomic mass is 9.58. The summed E-state index contributed by atoms with van der Waals surface area (Å²) in [7, 11) is 7.96. The fourth-order valence-corrected chi connectivity index (χ4v) is 9.39. The number of anilines is 1. The van der Waals surface area contributed by atoms with Crippen LogP contribution in [-0.4, -0.2) is 110 Å². The van der Waals surface area contributed by atoms with Gasteiger partial charge in [-0.05, 0) is 105 Å². The normalized spacial score (nSPS) is 26.4. The quantitative estimate of drug-likeness (QED) is 0.122. The number of likely N-dealkylation sites (N-methyl/N-ethyl adjacent to an activating group) is 1. The predicted molar refractivity (Wildman–Crippen MR) is 239 cm³/mol. The zero-order chi connectivity index (χ0) is 43.5. The van der Waals surface area contributed by atoms with Gasteiger partial charge in [0.05, 0.1) is 25.9 Å². The minimum Gasteiger partial charge on any atom is -0.492 e. The predicted octanol–water partition coefficient (Wildman–Crippen LogP) is 6.41. The number of carbonyl (C=O) groups is 2. The Hall–Kier alpha value is -4.00. The number of nitrogens with one attached hydrogen (secondary N) is 2. The molecule has 0 bridgehead atoms. The lowest BCUT2D eigenvalue weighted by Crippen LogP contribution is -2.56. The second-order valence-electron chi connectivity index (χ2n) is 19.2. The van der Waals surface area contributed by atoms with Gasteiger partial charge in [0, 0.05) is 61.0 Å². The fourth-order valence-electron chi connectivity index (χ4n) is 9.39. The lowest BCUT2D eigenvalue weighted by molar-refractivity contribution is -0.182. The summed E-state index contributed by atoms with van der Waals surface area (Å²) in [6, 6.07) is 21.1. The molecule has 6 rings (SSSR count). The molecule has 2 saturated carbocycles. The molecular formula is C49H71N5O6. The highest BCUT2D eigenvalue weighted by Crippen LogP contribution is 2.48. The van der Waals surface area contributed by atoms with Crippen LogP contribution >= 0.6 is 0 Å². The third kappa shape index (κ3) is 10.5. The zero-order valence-corrected chi connectivity index (χ0v) is 37.7. The molecule has 4 N–H and O–H groups in total. The third-order valence-electron chi connectivity index (χ3n) is 14.0. The lowest BCUT2D eigenvalue weighted by Gasteiger charge is -2.50. The van der Waals surface area contributed by atoms with Crippen LogP contribution in [-0.2, 0) is 22.6 Å². The van der Waals surface area contributed by atoms with Gasteiger partial charge in [-0.3, -0.25) is 14.4 Å². The molecule has 2 aliphatic carbocycles. The Kier molecular flexibility index (Phi) is 14.7. The highest BCUT2D eigenvalue weighted by molar-refractivity contribution is 5.97. The van der Waals surface area contributed by atoms with E-state index < -0.39 is 24.2 Å². The van der Waals surface area contributed by atoms with Crippen LogP contribution in [0.1, 0.15) is 82.3 Å². The van der Waals surface area contributed by atoms with Gasteiger partial charge in [-0.1, -0.05) is 83.1 Å². The summed E-state index contributed by atoms with van der Waals surface area (Å²) in [5, 5.41) is 30.0. The van der Waals surface area contributed by atoms with Gasteiger partial charge < -0.3 is 35.4 Å². The van der Waals surface area contributed by atoms with Gasteiger partial charge in [-0.2, -0.15) is 5.06 Å². The molecule has 11 nitrogen and oxygen atoms in total. The first-order valence-electron chi connectivity index (χ1n) is 22.1. The van der Waals surface area contributed by atoms with Gasteiger partial charge in [0.1, 0.15) is 17.9 Å². The molecule has 9 atom stereocenters. The number of amides is 2. The molecule has 3 aliphatic rings.